The van der Waals surface area contributed by atoms with Crippen molar-refractivity contribution in [3.05, 3.63) is 35.9 Å². The lowest BCUT2D eigenvalue weighted by molar-refractivity contribution is 0.0639. The molecule has 0 bridgehead atoms. The summed E-state index contributed by atoms with van der Waals surface area (Å²) in [6.07, 6.45) is 2.54. The van der Waals surface area contributed by atoms with E-state index in [1.165, 1.54) is 24.9 Å². The third-order valence-corrected chi connectivity index (χ3v) is 4.57. The van der Waals surface area contributed by atoms with Crippen LogP contribution in [0.1, 0.15) is 31.2 Å². The van der Waals surface area contributed by atoms with Crippen LogP contribution in [0.25, 0.3) is 0 Å². The predicted molar refractivity (Wildman–Crippen MR) is 83.9 cm³/mol. The number of piperidine rings is 1. The lowest BCUT2D eigenvalue weighted by atomic mass is 9.89. The summed E-state index contributed by atoms with van der Waals surface area (Å²) in [5.74, 6) is 1.13. The molecule has 20 heavy (non-hydrogen) atoms. The van der Waals surface area contributed by atoms with E-state index in [1.54, 1.807) is 7.11 Å². The zero-order valence-corrected chi connectivity index (χ0v) is 12.8. The fourth-order valence-electron chi connectivity index (χ4n) is 3.42. The topological polar surface area (TPSA) is 38.5 Å². The van der Waals surface area contributed by atoms with Crippen LogP contribution in [0.5, 0.6) is 0 Å². The number of ether oxygens (including phenoxy) is 1. The summed E-state index contributed by atoms with van der Waals surface area (Å²) in [6, 6.07) is 11.2. The molecule has 3 nitrogen and oxygen atoms in total. The average Bonchev–Trinajstić information content (AvgIpc) is 2.49. The van der Waals surface area contributed by atoms with E-state index in [0.29, 0.717) is 17.9 Å². The second-order valence-corrected chi connectivity index (χ2v) is 5.96. The van der Waals surface area contributed by atoms with Crippen LogP contribution >= 0.6 is 0 Å². The monoisotopic (exact) mass is 276 g/mol. The summed E-state index contributed by atoms with van der Waals surface area (Å²) in [7, 11) is 1.80. The third kappa shape index (κ3) is 3.81. The Labute approximate surface area is 123 Å². The first-order valence-corrected chi connectivity index (χ1v) is 7.74. The molecule has 3 atom stereocenters. The highest BCUT2D eigenvalue weighted by Gasteiger charge is 2.29. The van der Waals surface area contributed by atoms with E-state index in [-0.39, 0.29) is 0 Å². The molecular formula is C17H28N2O. The van der Waals surface area contributed by atoms with Crippen molar-refractivity contribution in [1.29, 1.82) is 0 Å². The summed E-state index contributed by atoms with van der Waals surface area (Å²) < 4.78 is 5.33. The molecule has 2 rings (SSSR count). The van der Waals surface area contributed by atoms with Gasteiger partial charge in [0.25, 0.3) is 0 Å². The molecule has 0 spiro atoms. The summed E-state index contributed by atoms with van der Waals surface area (Å²) in [5.41, 5.74) is 7.47. The Bertz CT molecular complexity index is 380. The molecular weight excluding hydrogens is 248 g/mol. The van der Waals surface area contributed by atoms with Gasteiger partial charge in [-0.05, 0) is 36.8 Å². The molecule has 1 aromatic carbocycles. The van der Waals surface area contributed by atoms with E-state index >= 15 is 0 Å². The van der Waals surface area contributed by atoms with Gasteiger partial charge < -0.3 is 10.5 Å². The Kier molecular flexibility index (Phi) is 6.02. The summed E-state index contributed by atoms with van der Waals surface area (Å²) in [6.45, 7) is 6.17. The quantitative estimate of drug-likeness (QED) is 0.867. The van der Waals surface area contributed by atoms with Gasteiger partial charge in [0.2, 0.25) is 0 Å². The predicted octanol–water partition coefficient (Wildman–Crippen LogP) is 2.48. The van der Waals surface area contributed by atoms with Gasteiger partial charge >= 0.3 is 0 Å². The first kappa shape index (κ1) is 15.5. The van der Waals surface area contributed by atoms with Crippen LogP contribution in [0.3, 0.4) is 0 Å². The van der Waals surface area contributed by atoms with Gasteiger partial charge in [0, 0.05) is 26.2 Å². The largest absolute Gasteiger partial charge is 0.384 e. The van der Waals surface area contributed by atoms with Crippen molar-refractivity contribution in [3.63, 3.8) is 0 Å². The van der Waals surface area contributed by atoms with Crippen molar-refractivity contribution in [2.75, 3.05) is 33.4 Å². The van der Waals surface area contributed by atoms with Gasteiger partial charge in [0.15, 0.2) is 0 Å². The highest BCUT2D eigenvalue weighted by molar-refractivity contribution is 5.20. The van der Waals surface area contributed by atoms with Gasteiger partial charge in [0.1, 0.15) is 0 Å². The Morgan fingerprint density at radius 3 is 2.75 bits per heavy atom. The number of rotatable bonds is 6. The molecule has 112 valence electrons. The fourth-order valence-corrected chi connectivity index (χ4v) is 3.42. The Morgan fingerprint density at radius 2 is 2.10 bits per heavy atom. The van der Waals surface area contributed by atoms with Crippen LogP contribution in [0.15, 0.2) is 30.3 Å². The molecule has 0 aliphatic carbocycles. The molecule has 0 saturated carbocycles. The van der Waals surface area contributed by atoms with Crippen LogP contribution in [-0.4, -0.2) is 44.3 Å². The van der Waals surface area contributed by atoms with Crippen molar-refractivity contribution in [1.82, 2.24) is 4.90 Å². The molecule has 1 heterocycles. The normalized spacial score (nSPS) is 23.4. The first-order valence-electron chi connectivity index (χ1n) is 7.74. The summed E-state index contributed by atoms with van der Waals surface area (Å²) in [4.78, 5) is 2.57. The number of methoxy groups -OCH3 is 1. The molecule has 0 aromatic heterocycles. The zero-order valence-electron chi connectivity index (χ0n) is 12.8. The van der Waals surface area contributed by atoms with Crippen LogP contribution in [0.4, 0.5) is 0 Å². The van der Waals surface area contributed by atoms with E-state index in [9.17, 15) is 0 Å². The standard InChI is InChI=1S/C17H28N2O/c1-14(16-8-4-3-5-9-16)17(11-18)19-10-6-7-15(12-19)13-20-2/h3-5,8-9,14-15,17H,6-7,10-13,18H2,1-2H3. The minimum atomic E-state index is 0.428. The van der Waals surface area contributed by atoms with Crippen molar-refractivity contribution in [3.8, 4) is 0 Å². The second kappa shape index (κ2) is 7.77. The molecule has 1 aromatic rings. The molecule has 1 saturated heterocycles. The minimum absolute atomic E-state index is 0.428. The van der Waals surface area contributed by atoms with Crippen molar-refractivity contribution >= 4 is 0 Å². The van der Waals surface area contributed by atoms with E-state index in [1.807, 2.05) is 0 Å². The summed E-state index contributed by atoms with van der Waals surface area (Å²) in [5, 5.41) is 0. The first-order chi connectivity index (χ1) is 9.76. The van der Waals surface area contributed by atoms with Crippen LogP contribution in [0, 0.1) is 5.92 Å². The van der Waals surface area contributed by atoms with Crippen LogP contribution < -0.4 is 5.73 Å². The number of nitrogens with two attached hydrogens (primary N) is 1. The number of benzene rings is 1. The van der Waals surface area contributed by atoms with Crippen LogP contribution in [-0.2, 0) is 4.74 Å². The fraction of sp³-hybridized carbons (Fsp3) is 0.647. The Balaban J connectivity index is 2.03. The van der Waals surface area contributed by atoms with Crippen molar-refractivity contribution in [2.24, 2.45) is 11.7 Å². The maximum atomic E-state index is 6.09. The molecule has 3 unspecified atom stereocenters. The molecule has 0 amide bonds. The highest BCUT2D eigenvalue weighted by atomic mass is 16.5. The van der Waals surface area contributed by atoms with E-state index in [4.69, 9.17) is 10.5 Å². The number of likely N-dealkylation sites (tertiary alicyclic amines) is 1. The van der Waals surface area contributed by atoms with Crippen molar-refractivity contribution < 1.29 is 4.74 Å². The van der Waals surface area contributed by atoms with Gasteiger partial charge in [-0.2, -0.15) is 0 Å². The van der Waals surface area contributed by atoms with Gasteiger partial charge in [0.05, 0.1) is 6.61 Å². The van der Waals surface area contributed by atoms with E-state index in [2.05, 4.69) is 42.2 Å². The van der Waals surface area contributed by atoms with Gasteiger partial charge in [-0.3, -0.25) is 4.90 Å². The molecule has 1 aliphatic rings. The number of nitrogens with zero attached hydrogens (tertiary/aromatic N) is 1. The molecule has 1 aliphatic heterocycles. The minimum Gasteiger partial charge on any atom is -0.384 e. The lowest BCUT2D eigenvalue weighted by Crippen LogP contribution is -2.49. The Morgan fingerprint density at radius 1 is 1.35 bits per heavy atom. The van der Waals surface area contributed by atoms with Gasteiger partial charge in [-0.25, -0.2) is 0 Å². The van der Waals surface area contributed by atoms with Crippen LogP contribution in [0.2, 0.25) is 0 Å². The smallest absolute Gasteiger partial charge is 0.0502 e. The molecule has 0 radical (unpaired) electrons. The maximum absolute atomic E-state index is 6.09. The second-order valence-electron chi connectivity index (χ2n) is 5.96. The molecule has 2 N–H and O–H groups in total. The lowest BCUT2D eigenvalue weighted by Gasteiger charge is -2.40. The van der Waals surface area contributed by atoms with Gasteiger partial charge in [-0.1, -0.05) is 37.3 Å². The summed E-state index contributed by atoms with van der Waals surface area (Å²) >= 11 is 0. The van der Waals surface area contributed by atoms with Crippen molar-refractivity contribution in [2.45, 2.75) is 31.7 Å². The number of hydrogen-bond donors (Lipinski definition) is 1. The maximum Gasteiger partial charge on any atom is 0.0502 e. The third-order valence-electron chi connectivity index (χ3n) is 4.57. The number of hydrogen-bond acceptors (Lipinski definition) is 3. The Hall–Kier alpha value is -0.900. The molecule has 1 fully saturated rings. The van der Waals surface area contributed by atoms with E-state index in [0.717, 1.165) is 19.7 Å². The average molecular weight is 276 g/mol. The zero-order chi connectivity index (χ0) is 14.4. The van der Waals surface area contributed by atoms with Gasteiger partial charge in [-0.15, -0.1) is 0 Å². The SMILES string of the molecule is COCC1CCCN(C(CN)C(C)c2ccccc2)C1. The molecule has 3 heteroatoms. The van der Waals surface area contributed by atoms with E-state index < -0.39 is 0 Å². The highest BCUT2D eigenvalue weighted by Crippen LogP contribution is 2.26.